The number of fused-ring (bicyclic) bond motifs is 1. The third kappa shape index (κ3) is 10.3. The molecule has 5 aromatic carbocycles. The molecule has 382 valence electrons. The lowest BCUT2D eigenvalue weighted by molar-refractivity contribution is -0.158. The lowest BCUT2D eigenvalue weighted by Gasteiger charge is -2.50. The average Bonchev–Trinajstić information content (AvgIpc) is 4.23. The fourth-order valence-corrected chi connectivity index (χ4v) is 10.7. The summed E-state index contributed by atoms with van der Waals surface area (Å²) in [4.78, 5) is 87.5. The van der Waals surface area contributed by atoms with E-state index in [0.717, 1.165) is 28.2 Å². The number of carbonyl (C=O) groups is 5. The predicted octanol–water partition coefficient (Wildman–Crippen LogP) is 8.08. The number of esters is 1. The third-order valence-electron chi connectivity index (χ3n) is 13.8. The van der Waals surface area contributed by atoms with E-state index in [2.05, 4.69) is 19.8 Å². The second kappa shape index (κ2) is 21.2. The molecule has 4 amide bonds. The molecule has 1 aromatic heterocycles. The van der Waals surface area contributed by atoms with Crippen molar-refractivity contribution < 1.29 is 38.3 Å². The summed E-state index contributed by atoms with van der Waals surface area (Å²) in [6.45, 7) is 6.65. The number of nitrogen functional groups attached to an aromatic ring is 1. The number of likely N-dealkylation sites (tertiary alicyclic amines) is 2. The second-order valence-corrected chi connectivity index (χ2v) is 20.6. The molecule has 1 unspecified atom stereocenters. The number of nitrogens with two attached hydrogens (primary N) is 1. The molecule has 16 nitrogen and oxygen atoms in total. The molecule has 0 aliphatic carbocycles. The van der Waals surface area contributed by atoms with E-state index in [1.165, 1.54) is 4.90 Å². The minimum Gasteiger partial charge on any atom is -0.448 e. The van der Waals surface area contributed by atoms with Gasteiger partial charge >= 0.3 is 12.1 Å². The van der Waals surface area contributed by atoms with Gasteiger partial charge in [-0.15, -0.1) is 0 Å². The SMILES string of the molecule is CC(C)(C)OC(=O)N1CCC(N2CC/C(=C\C3=C(C(=O)OC(c4ccccc4)c4ccccc4)N4C(=O)[C@@H](NC(=O)/C(=N/OC(c5ccccc5)(c5ccccc5)c5ccccc5)c5nsc(N)n5)[C@H]4CC3)C2=O)C1. The van der Waals surface area contributed by atoms with Crippen molar-refractivity contribution in [3.63, 3.8) is 0 Å². The minimum atomic E-state index is -1.37. The van der Waals surface area contributed by atoms with Gasteiger partial charge in [-0.25, -0.2) is 9.59 Å². The summed E-state index contributed by atoms with van der Waals surface area (Å²) >= 11 is 0.873. The monoisotopic (exact) mass is 1020 g/mol. The van der Waals surface area contributed by atoms with Crippen LogP contribution in [0.5, 0.6) is 0 Å². The van der Waals surface area contributed by atoms with Crippen LogP contribution in [0, 0.1) is 0 Å². The van der Waals surface area contributed by atoms with Crippen molar-refractivity contribution in [1.29, 1.82) is 0 Å². The molecule has 3 atom stereocenters. The van der Waals surface area contributed by atoms with Crippen molar-refractivity contribution in [2.75, 3.05) is 25.4 Å². The number of amides is 4. The topological polar surface area (TPSA) is 199 Å². The number of nitrogens with one attached hydrogen (secondary N) is 1. The van der Waals surface area contributed by atoms with Gasteiger partial charge in [-0.2, -0.15) is 9.36 Å². The molecule has 4 aliphatic heterocycles. The standard InChI is InChI=1S/C58H56N8O8S/c1-57(2,3)73-56(71)64-33-32-44(36-64)65-34-31-40(52(65)68)35-39-29-30-45-46(53(69)66(45)48(39)54(70)72-49(37-19-9-4-10-20-37)38-21-11-5-12-22-38)60-51(67)47(50-61-55(59)75-63-50)62-74-58(41-23-13-6-14-24-41,42-25-15-7-16-26-42)43-27-17-8-18-28-43/h4-28,35,44-46,49H,29-34,36H2,1-3H3,(H,60,67)(H2,59,61,63)/b40-35+,62-47+/t44?,45-,46+/m1/s1. The van der Waals surface area contributed by atoms with E-state index >= 15 is 0 Å². The van der Waals surface area contributed by atoms with E-state index in [-0.39, 0.29) is 40.7 Å². The maximum Gasteiger partial charge on any atom is 0.410 e. The van der Waals surface area contributed by atoms with Gasteiger partial charge in [0.1, 0.15) is 17.3 Å². The lowest BCUT2D eigenvalue weighted by atomic mass is 9.80. The summed E-state index contributed by atoms with van der Waals surface area (Å²) in [5.74, 6) is -2.47. The summed E-state index contributed by atoms with van der Waals surface area (Å²) in [5, 5.41) is 7.55. The number of nitrogens with zero attached hydrogens (tertiary/aromatic N) is 6. The first kappa shape index (κ1) is 50.1. The van der Waals surface area contributed by atoms with Crippen LogP contribution in [0.25, 0.3) is 0 Å². The van der Waals surface area contributed by atoms with Gasteiger partial charge in [-0.3, -0.25) is 19.3 Å². The Morgan fingerprint density at radius 1 is 0.773 bits per heavy atom. The molecular weight excluding hydrogens is 969 g/mol. The van der Waals surface area contributed by atoms with Crippen LogP contribution in [-0.2, 0) is 39.1 Å². The molecule has 75 heavy (non-hydrogen) atoms. The number of anilines is 1. The van der Waals surface area contributed by atoms with Crippen LogP contribution in [0.15, 0.2) is 180 Å². The Balaban J connectivity index is 0.969. The Hall–Kier alpha value is -8.44. The third-order valence-corrected chi connectivity index (χ3v) is 14.4. The largest absolute Gasteiger partial charge is 0.448 e. The highest BCUT2D eigenvalue weighted by Crippen LogP contribution is 2.43. The number of benzene rings is 5. The summed E-state index contributed by atoms with van der Waals surface area (Å²) in [5.41, 5.74) is 8.23. The number of aromatic nitrogens is 2. The lowest BCUT2D eigenvalue weighted by Crippen LogP contribution is -2.72. The Kier molecular flexibility index (Phi) is 14.2. The molecule has 3 saturated heterocycles. The first-order chi connectivity index (χ1) is 36.3. The highest BCUT2D eigenvalue weighted by atomic mass is 32.1. The van der Waals surface area contributed by atoms with E-state index in [0.29, 0.717) is 61.2 Å². The van der Waals surface area contributed by atoms with Crippen molar-refractivity contribution in [1.82, 2.24) is 29.4 Å². The average molecular weight is 1030 g/mol. The molecule has 10 rings (SSSR count). The fourth-order valence-electron chi connectivity index (χ4n) is 10.3. The van der Waals surface area contributed by atoms with Crippen molar-refractivity contribution in [3.05, 3.63) is 208 Å². The Morgan fingerprint density at radius 3 is 1.87 bits per heavy atom. The summed E-state index contributed by atoms with van der Waals surface area (Å²) in [6, 6.07) is 45.1. The Labute approximate surface area is 438 Å². The minimum absolute atomic E-state index is 0.0149. The molecule has 17 heteroatoms. The van der Waals surface area contributed by atoms with Crippen molar-refractivity contribution in [2.45, 2.75) is 81.9 Å². The number of oxime groups is 1. The van der Waals surface area contributed by atoms with Gasteiger partial charge in [-0.1, -0.05) is 157 Å². The maximum atomic E-state index is 15.0. The molecule has 0 radical (unpaired) electrons. The molecule has 0 spiro atoms. The van der Waals surface area contributed by atoms with Gasteiger partial charge in [-0.05, 0) is 69.2 Å². The van der Waals surface area contributed by atoms with Gasteiger partial charge < -0.3 is 35.2 Å². The summed E-state index contributed by atoms with van der Waals surface area (Å²) in [7, 11) is 0. The predicted molar refractivity (Wildman–Crippen MR) is 281 cm³/mol. The molecule has 5 heterocycles. The van der Waals surface area contributed by atoms with E-state index in [4.69, 9.17) is 20.0 Å². The first-order valence-electron chi connectivity index (χ1n) is 25.0. The fraction of sp³-hybridized carbons (Fsp3) is 0.276. The molecule has 0 bridgehead atoms. The van der Waals surface area contributed by atoms with Crippen LogP contribution in [0.3, 0.4) is 0 Å². The molecule has 3 fully saturated rings. The number of carbonyl (C=O) groups excluding carboxylic acids is 5. The van der Waals surface area contributed by atoms with Crippen molar-refractivity contribution in [2.24, 2.45) is 5.16 Å². The van der Waals surface area contributed by atoms with Crippen LogP contribution < -0.4 is 11.1 Å². The molecule has 6 aromatic rings. The van der Waals surface area contributed by atoms with E-state index < -0.39 is 53.3 Å². The molecule has 0 saturated carbocycles. The summed E-state index contributed by atoms with van der Waals surface area (Å²) in [6.07, 6.45) is 2.01. The highest BCUT2D eigenvalue weighted by molar-refractivity contribution is 7.09. The van der Waals surface area contributed by atoms with Gasteiger partial charge in [0.2, 0.25) is 23.0 Å². The number of allylic oxidation sites excluding steroid dienone is 2. The summed E-state index contributed by atoms with van der Waals surface area (Å²) < 4.78 is 16.4. The smallest absolute Gasteiger partial charge is 0.410 e. The quantitative estimate of drug-likeness (QED) is 0.0267. The van der Waals surface area contributed by atoms with Crippen LogP contribution >= 0.6 is 11.5 Å². The van der Waals surface area contributed by atoms with Crippen LogP contribution in [0.2, 0.25) is 0 Å². The zero-order valence-corrected chi connectivity index (χ0v) is 42.5. The van der Waals surface area contributed by atoms with E-state index in [1.807, 2.05) is 172 Å². The zero-order chi connectivity index (χ0) is 52.3. The van der Waals surface area contributed by atoms with Crippen molar-refractivity contribution in [3.8, 4) is 0 Å². The molecular formula is C58H56N8O8S. The van der Waals surface area contributed by atoms with Crippen LogP contribution in [0.4, 0.5) is 9.93 Å². The van der Waals surface area contributed by atoms with E-state index in [1.54, 1.807) is 15.9 Å². The highest BCUT2D eigenvalue weighted by Gasteiger charge is 2.54. The number of hydrogen-bond donors (Lipinski definition) is 2. The van der Waals surface area contributed by atoms with Crippen LogP contribution in [0.1, 0.15) is 86.2 Å². The normalized spacial score (nSPS) is 19.5. The first-order valence-corrected chi connectivity index (χ1v) is 25.8. The van der Waals surface area contributed by atoms with Gasteiger partial charge in [0.15, 0.2) is 11.2 Å². The number of hydrogen-bond acceptors (Lipinski definition) is 13. The number of β-lactam (4-membered cyclic amide) rings is 1. The molecule has 4 aliphatic rings. The van der Waals surface area contributed by atoms with Crippen molar-refractivity contribution >= 4 is 52.2 Å². The van der Waals surface area contributed by atoms with Gasteiger partial charge in [0, 0.05) is 53.4 Å². The molecule has 3 N–H and O–H groups in total. The van der Waals surface area contributed by atoms with Crippen LogP contribution in [-0.4, -0.2) is 103 Å². The second-order valence-electron chi connectivity index (χ2n) is 19.8. The zero-order valence-electron chi connectivity index (χ0n) is 41.7. The van der Waals surface area contributed by atoms with Gasteiger partial charge in [0.05, 0.1) is 12.1 Å². The van der Waals surface area contributed by atoms with E-state index in [9.17, 15) is 24.0 Å². The maximum absolute atomic E-state index is 15.0. The number of ether oxygens (including phenoxy) is 2. The Morgan fingerprint density at radius 2 is 1.33 bits per heavy atom. The Bertz CT molecular complexity index is 3050. The number of rotatable bonds is 14. The van der Waals surface area contributed by atoms with Gasteiger partial charge in [0.25, 0.3) is 11.8 Å².